The molecule has 0 bridgehead atoms. The van der Waals surface area contributed by atoms with Crippen LogP contribution in [-0.2, 0) is 0 Å². The van der Waals surface area contributed by atoms with Crippen molar-refractivity contribution in [2.75, 3.05) is 13.1 Å². The molecular formula is C13H16ClNO2. The van der Waals surface area contributed by atoms with E-state index in [1.165, 1.54) is 0 Å². The van der Waals surface area contributed by atoms with Crippen molar-refractivity contribution in [1.82, 2.24) is 4.90 Å². The number of benzene rings is 1. The van der Waals surface area contributed by atoms with E-state index in [0.717, 1.165) is 12.8 Å². The number of nitrogens with zero attached hydrogens (tertiary/aromatic N) is 1. The molecule has 1 unspecified atom stereocenters. The summed E-state index contributed by atoms with van der Waals surface area (Å²) in [5, 5.41) is 10.5. The van der Waals surface area contributed by atoms with Gasteiger partial charge in [-0.1, -0.05) is 17.7 Å². The minimum absolute atomic E-state index is 0.0625. The molecule has 17 heavy (non-hydrogen) atoms. The van der Waals surface area contributed by atoms with Gasteiger partial charge in [0, 0.05) is 23.7 Å². The quantitative estimate of drug-likeness (QED) is 0.835. The van der Waals surface area contributed by atoms with Crippen LogP contribution in [0.25, 0.3) is 0 Å². The number of piperidine rings is 1. The molecule has 1 heterocycles. The summed E-state index contributed by atoms with van der Waals surface area (Å²) < 4.78 is 0. The molecule has 0 saturated carbocycles. The van der Waals surface area contributed by atoms with Gasteiger partial charge < -0.3 is 10.0 Å². The number of likely N-dealkylation sites (tertiary alicyclic amines) is 1. The number of hydrogen-bond acceptors (Lipinski definition) is 2. The number of amides is 1. The van der Waals surface area contributed by atoms with Gasteiger partial charge in [-0.25, -0.2) is 0 Å². The summed E-state index contributed by atoms with van der Waals surface area (Å²) in [6.45, 7) is 2.85. The molecule has 1 aromatic rings. The van der Waals surface area contributed by atoms with E-state index < -0.39 is 5.60 Å². The molecule has 0 aromatic heterocycles. The Morgan fingerprint density at radius 3 is 2.94 bits per heavy atom. The van der Waals surface area contributed by atoms with Crippen LogP contribution in [0.3, 0.4) is 0 Å². The zero-order valence-corrected chi connectivity index (χ0v) is 10.6. The summed E-state index contributed by atoms with van der Waals surface area (Å²) in [5.74, 6) is -0.0625. The van der Waals surface area contributed by atoms with Crippen LogP contribution in [0.15, 0.2) is 24.3 Å². The van der Waals surface area contributed by atoms with E-state index in [0.29, 0.717) is 23.7 Å². The normalized spacial score (nSPS) is 24.8. The van der Waals surface area contributed by atoms with Gasteiger partial charge in [-0.05, 0) is 38.0 Å². The lowest BCUT2D eigenvalue weighted by molar-refractivity contribution is -0.0107. The maximum Gasteiger partial charge on any atom is 0.254 e. The second-order valence-corrected chi connectivity index (χ2v) is 5.27. The van der Waals surface area contributed by atoms with Crippen LogP contribution >= 0.6 is 11.6 Å². The molecule has 1 N–H and O–H groups in total. The molecule has 0 radical (unpaired) electrons. The minimum Gasteiger partial charge on any atom is -0.388 e. The fourth-order valence-electron chi connectivity index (χ4n) is 2.20. The van der Waals surface area contributed by atoms with Gasteiger partial charge in [0.2, 0.25) is 0 Å². The summed E-state index contributed by atoms with van der Waals surface area (Å²) in [5.41, 5.74) is -0.192. The molecule has 1 atom stereocenters. The Kier molecular flexibility index (Phi) is 3.40. The van der Waals surface area contributed by atoms with Crippen LogP contribution in [0.5, 0.6) is 0 Å². The average Bonchev–Trinajstić information content (AvgIpc) is 2.26. The monoisotopic (exact) mass is 253 g/mol. The Hall–Kier alpha value is -1.06. The van der Waals surface area contributed by atoms with E-state index in [2.05, 4.69) is 0 Å². The Balaban J connectivity index is 2.15. The molecule has 0 aliphatic carbocycles. The second-order valence-electron chi connectivity index (χ2n) is 4.84. The highest BCUT2D eigenvalue weighted by molar-refractivity contribution is 6.30. The molecule has 92 valence electrons. The average molecular weight is 254 g/mol. The van der Waals surface area contributed by atoms with E-state index >= 15 is 0 Å². The molecule has 1 fully saturated rings. The lowest BCUT2D eigenvalue weighted by Crippen LogP contribution is -2.48. The number of rotatable bonds is 1. The summed E-state index contributed by atoms with van der Waals surface area (Å²) in [6.07, 6.45) is 1.58. The van der Waals surface area contributed by atoms with Gasteiger partial charge in [-0.15, -0.1) is 0 Å². The van der Waals surface area contributed by atoms with Crippen molar-refractivity contribution in [3.63, 3.8) is 0 Å². The highest BCUT2D eigenvalue weighted by Gasteiger charge is 2.31. The lowest BCUT2D eigenvalue weighted by atomic mass is 9.94. The van der Waals surface area contributed by atoms with Gasteiger partial charge in [0.1, 0.15) is 0 Å². The summed E-state index contributed by atoms with van der Waals surface area (Å²) in [6, 6.07) is 6.91. The molecular weight excluding hydrogens is 238 g/mol. The minimum atomic E-state index is -0.771. The molecule has 3 nitrogen and oxygen atoms in total. The third-order valence-corrected chi connectivity index (χ3v) is 3.27. The first-order valence-electron chi connectivity index (χ1n) is 5.75. The van der Waals surface area contributed by atoms with Crippen molar-refractivity contribution in [1.29, 1.82) is 0 Å². The Morgan fingerprint density at radius 1 is 1.53 bits per heavy atom. The van der Waals surface area contributed by atoms with Crippen molar-refractivity contribution < 1.29 is 9.90 Å². The van der Waals surface area contributed by atoms with Crippen molar-refractivity contribution in [3.8, 4) is 0 Å². The van der Waals surface area contributed by atoms with E-state index in [-0.39, 0.29) is 5.91 Å². The zero-order valence-electron chi connectivity index (χ0n) is 9.82. The van der Waals surface area contributed by atoms with Gasteiger partial charge in [0.25, 0.3) is 5.91 Å². The van der Waals surface area contributed by atoms with Crippen LogP contribution in [0.1, 0.15) is 30.1 Å². The Morgan fingerprint density at radius 2 is 2.29 bits per heavy atom. The van der Waals surface area contributed by atoms with Gasteiger partial charge >= 0.3 is 0 Å². The second kappa shape index (κ2) is 4.67. The number of β-amino-alcohol motifs (C(OH)–C–C–N with tert-alkyl or cyclic N) is 1. The third kappa shape index (κ3) is 2.99. The summed E-state index contributed by atoms with van der Waals surface area (Å²) in [7, 11) is 0. The molecule has 1 aliphatic heterocycles. The predicted molar refractivity (Wildman–Crippen MR) is 67.2 cm³/mol. The molecule has 1 amide bonds. The highest BCUT2D eigenvalue weighted by atomic mass is 35.5. The van der Waals surface area contributed by atoms with E-state index in [1.54, 1.807) is 36.1 Å². The van der Waals surface area contributed by atoms with Gasteiger partial charge in [-0.2, -0.15) is 0 Å². The van der Waals surface area contributed by atoms with E-state index in [4.69, 9.17) is 11.6 Å². The van der Waals surface area contributed by atoms with Crippen LogP contribution in [0, 0.1) is 0 Å². The first-order valence-corrected chi connectivity index (χ1v) is 6.13. The van der Waals surface area contributed by atoms with E-state index in [9.17, 15) is 9.90 Å². The van der Waals surface area contributed by atoms with Gasteiger partial charge in [0.15, 0.2) is 0 Å². The zero-order chi connectivity index (χ0) is 12.5. The maximum atomic E-state index is 12.2. The molecule has 1 aromatic carbocycles. The molecule has 0 spiro atoms. The SMILES string of the molecule is CC1(O)CCCN(C(=O)c2cccc(Cl)c2)C1. The van der Waals surface area contributed by atoms with Crippen LogP contribution in [0.2, 0.25) is 5.02 Å². The fraction of sp³-hybridized carbons (Fsp3) is 0.462. The number of carbonyl (C=O) groups excluding carboxylic acids is 1. The smallest absolute Gasteiger partial charge is 0.254 e. The van der Waals surface area contributed by atoms with Crippen molar-refractivity contribution in [2.24, 2.45) is 0 Å². The number of hydrogen-bond donors (Lipinski definition) is 1. The Bertz CT molecular complexity index is 431. The van der Waals surface area contributed by atoms with Crippen molar-refractivity contribution >= 4 is 17.5 Å². The number of aliphatic hydroxyl groups is 1. The van der Waals surface area contributed by atoms with Gasteiger partial charge in [0.05, 0.1) is 5.60 Å². The standard InChI is InChI=1S/C13H16ClNO2/c1-13(17)6-3-7-15(9-13)12(16)10-4-2-5-11(14)8-10/h2,4-5,8,17H,3,6-7,9H2,1H3. The van der Waals surface area contributed by atoms with Crippen LogP contribution in [-0.4, -0.2) is 34.6 Å². The maximum absolute atomic E-state index is 12.2. The number of halogens is 1. The van der Waals surface area contributed by atoms with Crippen molar-refractivity contribution in [2.45, 2.75) is 25.4 Å². The largest absolute Gasteiger partial charge is 0.388 e. The summed E-state index contributed by atoms with van der Waals surface area (Å²) >= 11 is 5.86. The summed E-state index contributed by atoms with van der Waals surface area (Å²) in [4.78, 5) is 13.9. The number of carbonyl (C=O) groups is 1. The van der Waals surface area contributed by atoms with E-state index in [1.807, 2.05) is 0 Å². The fourth-order valence-corrected chi connectivity index (χ4v) is 2.39. The first kappa shape index (κ1) is 12.4. The Labute approximate surface area is 106 Å². The first-order chi connectivity index (χ1) is 7.98. The highest BCUT2D eigenvalue weighted by Crippen LogP contribution is 2.22. The lowest BCUT2D eigenvalue weighted by Gasteiger charge is -2.36. The molecule has 1 aliphatic rings. The molecule has 4 heteroatoms. The molecule has 1 saturated heterocycles. The predicted octanol–water partition coefficient (Wildman–Crippen LogP) is 2.33. The van der Waals surface area contributed by atoms with Crippen LogP contribution in [0.4, 0.5) is 0 Å². The topological polar surface area (TPSA) is 40.5 Å². The van der Waals surface area contributed by atoms with Crippen LogP contribution < -0.4 is 0 Å². The molecule has 2 rings (SSSR count). The van der Waals surface area contributed by atoms with Gasteiger partial charge in [-0.3, -0.25) is 4.79 Å². The third-order valence-electron chi connectivity index (χ3n) is 3.03. The van der Waals surface area contributed by atoms with Crippen molar-refractivity contribution in [3.05, 3.63) is 34.9 Å².